The van der Waals surface area contributed by atoms with Crippen LogP contribution in [0.5, 0.6) is 0 Å². The molecule has 214 valence electrons. The van der Waals surface area contributed by atoms with Crippen molar-refractivity contribution in [2.24, 2.45) is 39.4 Å². The number of esters is 3. The molecule has 6 aliphatic rings. The standard InChI is InChI=1S/C32H44O7/c1-18-8-11-23(38-26(18)35)30(7,36)22-12-14-28(5)21-10-9-20-27(3,4)39-25(34)13-15-31(20)17-32(21,31)16-24(29(22,28)6)37-19(2)33/h8,13,15,20-24,36H,9-12,14,16-17H2,1-7H3/t20-,21-,22-,23+,24-,28-,29-,30+,31+,32-/m0/s1. The molecule has 0 bridgehead atoms. The molecule has 39 heavy (non-hydrogen) atoms. The van der Waals surface area contributed by atoms with Gasteiger partial charge in [0.15, 0.2) is 0 Å². The van der Waals surface area contributed by atoms with E-state index in [0.29, 0.717) is 24.3 Å². The maximum Gasteiger partial charge on any atom is 0.333 e. The van der Waals surface area contributed by atoms with Crippen LogP contribution in [0.4, 0.5) is 0 Å². The molecule has 4 saturated carbocycles. The molecule has 7 heteroatoms. The Bertz CT molecular complexity index is 1200. The third-order valence-electron chi connectivity index (χ3n) is 12.9. The molecule has 0 saturated heterocycles. The number of cyclic esters (lactones) is 2. The van der Waals surface area contributed by atoms with Crippen LogP contribution in [-0.4, -0.2) is 46.4 Å². The van der Waals surface area contributed by atoms with E-state index in [1.165, 1.54) is 6.92 Å². The molecule has 4 fully saturated rings. The van der Waals surface area contributed by atoms with E-state index in [1.54, 1.807) is 13.0 Å². The Morgan fingerprint density at radius 1 is 1.13 bits per heavy atom. The lowest BCUT2D eigenvalue weighted by Gasteiger charge is -2.64. The molecule has 4 aliphatic carbocycles. The Kier molecular flexibility index (Phi) is 5.54. The zero-order chi connectivity index (χ0) is 28.4. The number of carbonyl (C=O) groups is 3. The molecule has 0 radical (unpaired) electrons. The second-order valence-electron chi connectivity index (χ2n) is 14.7. The number of hydrogen-bond donors (Lipinski definition) is 1. The van der Waals surface area contributed by atoms with Crippen LogP contribution in [-0.2, 0) is 28.6 Å². The molecule has 1 N–H and O–H groups in total. The lowest BCUT2D eigenvalue weighted by Crippen LogP contribution is -2.65. The molecule has 0 amide bonds. The number of rotatable bonds is 3. The molecular formula is C32H44O7. The maximum atomic E-state index is 12.6. The van der Waals surface area contributed by atoms with Crippen LogP contribution in [0.1, 0.15) is 93.4 Å². The topological polar surface area (TPSA) is 99.1 Å². The molecule has 0 unspecified atom stereocenters. The monoisotopic (exact) mass is 540 g/mol. The average molecular weight is 541 g/mol. The summed E-state index contributed by atoms with van der Waals surface area (Å²) in [5.74, 6) is -0.651. The first-order valence-electron chi connectivity index (χ1n) is 14.7. The lowest BCUT2D eigenvalue weighted by atomic mass is 9.42. The largest absolute Gasteiger partial charge is 0.462 e. The van der Waals surface area contributed by atoms with Gasteiger partial charge in [-0.1, -0.05) is 26.0 Å². The van der Waals surface area contributed by atoms with Gasteiger partial charge >= 0.3 is 17.9 Å². The molecule has 7 nitrogen and oxygen atoms in total. The quantitative estimate of drug-likeness (QED) is 0.395. The molecule has 0 aromatic rings. The van der Waals surface area contributed by atoms with Gasteiger partial charge in [0.2, 0.25) is 0 Å². The van der Waals surface area contributed by atoms with Crippen molar-refractivity contribution in [3.05, 3.63) is 23.8 Å². The number of ether oxygens (including phenoxy) is 3. The third-order valence-corrected chi connectivity index (χ3v) is 12.9. The minimum absolute atomic E-state index is 0.0933. The maximum absolute atomic E-state index is 12.6. The summed E-state index contributed by atoms with van der Waals surface area (Å²) >= 11 is 0. The van der Waals surface area contributed by atoms with Crippen LogP contribution >= 0.6 is 0 Å². The van der Waals surface area contributed by atoms with Gasteiger partial charge in [-0.2, -0.15) is 0 Å². The highest BCUT2D eigenvalue weighted by Gasteiger charge is 2.84. The summed E-state index contributed by atoms with van der Waals surface area (Å²) in [6, 6.07) is 0. The average Bonchev–Trinajstić information content (AvgIpc) is 3.42. The second kappa shape index (κ2) is 7.98. The molecule has 0 aromatic carbocycles. The molecule has 2 aliphatic heterocycles. The Balaban J connectivity index is 1.44. The second-order valence-corrected chi connectivity index (χ2v) is 14.7. The Morgan fingerprint density at radius 2 is 1.82 bits per heavy atom. The molecule has 0 aromatic heterocycles. The first-order valence-corrected chi connectivity index (χ1v) is 14.7. The minimum atomic E-state index is -1.29. The van der Waals surface area contributed by atoms with E-state index < -0.39 is 28.8 Å². The van der Waals surface area contributed by atoms with Crippen molar-refractivity contribution >= 4 is 17.9 Å². The first-order chi connectivity index (χ1) is 18.0. The van der Waals surface area contributed by atoms with E-state index in [4.69, 9.17) is 14.2 Å². The highest BCUT2D eigenvalue weighted by Crippen LogP contribution is 2.87. The van der Waals surface area contributed by atoms with Crippen LogP contribution in [0.15, 0.2) is 23.8 Å². The summed E-state index contributed by atoms with van der Waals surface area (Å²) in [7, 11) is 0. The van der Waals surface area contributed by atoms with Crippen molar-refractivity contribution in [2.75, 3.05) is 0 Å². The molecular weight excluding hydrogens is 496 g/mol. The lowest BCUT2D eigenvalue weighted by molar-refractivity contribution is -0.234. The first kappa shape index (κ1) is 27.0. The van der Waals surface area contributed by atoms with Crippen molar-refractivity contribution in [2.45, 2.75) is 117 Å². The highest BCUT2D eigenvalue weighted by molar-refractivity contribution is 5.88. The predicted octanol–water partition coefficient (Wildman–Crippen LogP) is 5.05. The number of allylic oxidation sites excluding steroid dienone is 1. The van der Waals surface area contributed by atoms with Gasteiger partial charge in [0.1, 0.15) is 23.4 Å². The number of aliphatic hydroxyl groups is 1. The van der Waals surface area contributed by atoms with Gasteiger partial charge in [-0.3, -0.25) is 4.79 Å². The van der Waals surface area contributed by atoms with Crippen molar-refractivity contribution < 1.29 is 33.7 Å². The summed E-state index contributed by atoms with van der Waals surface area (Å²) in [5, 5.41) is 12.2. The van der Waals surface area contributed by atoms with Gasteiger partial charge in [-0.05, 0) is 83.0 Å². The normalized spacial score (nSPS) is 49.0. The smallest absolute Gasteiger partial charge is 0.333 e. The van der Waals surface area contributed by atoms with Crippen LogP contribution in [0.3, 0.4) is 0 Å². The Morgan fingerprint density at radius 3 is 2.49 bits per heavy atom. The third kappa shape index (κ3) is 3.28. The van der Waals surface area contributed by atoms with E-state index in [-0.39, 0.29) is 46.0 Å². The summed E-state index contributed by atoms with van der Waals surface area (Å²) in [6.45, 7) is 13.7. The number of fused-ring (bicyclic) bond motifs is 2. The molecule has 2 heterocycles. The van der Waals surface area contributed by atoms with E-state index in [1.807, 2.05) is 26.8 Å². The van der Waals surface area contributed by atoms with Crippen LogP contribution in [0, 0.1) is 39.4 Å². The fraction of sp³-hybridized carbons (Fsp3) is 0.781. The fourth-order valence-corrected chi connectivity index (χ4v) is 11.1. The fourth-order valence-electron chi connectivity index (χ4n) is 11.1. The Hall–Kier alpha value is -2.15. The SMILES string of the molecule is CC(=O)O[C@H]1C[C@@]23C[C@@]24C=CC(=O)OC(C)(C)[C@@H]4CC[C@H]3[C@]2(C)CC[C@H]([C@@](C)(O)[C@H]3CC=C(C)C(=O)O3)[C@@]12C. The molecule has 2 spiro atoms. The van der Waals surface area contributed by atoms with Crippen LogP contribution < -0.4 is 0 Å². The highest BCUT2D eigenvalue weighted by atomic mass is 16.6. The number of hydrogen-bond acceptors (Lipinski definition) is 7. The van der Waals surface area contributed by atoms with Gasteiger partial charge in [0, 0.05) is 47.7 Å². The minimum Gasteiger partial charge on any atom is -0.462 e. The zero-order valence-corrected chi connectivity index (χ0v) is 24.5. The van der Waals surface area contributed by atoms with E-state index in [9.17, 15) is 19.5 Å². The summed E-state index contributed by atoms with van der Waals surface area (Å²) in [5.41, 5.74) is -2.29. The number of carbonyl (C=O) groups excluding carboxylic acids is 3. The van der Waals surface area contributed by atoms with Gasteiger partial charge in [0.25, 0.3) is 0 Å². The zero-order valence-electron chi connectivity index (χ0n) is 24.5. The van der Waals surface area contributed by atoms with E-state index in [0.717, 1.165) is 32.1 Å². The summed E-state index contributed by atoms with van der Waals surface area (Å²) in [4.78, 5) is 37.6. The van der Waals surface area contributed by atoms with Crippen LogP contribution in [0.2, 0.25) is 0 Å². The predicted molar refractivity (Wildman–Crippen MR) is 143 cm³/mol. The van der Waals surface area contributed by atoms with Crippen molar-refractivity contribution in [1.29, 1.82) is 0 Å². The van der Waals surface area contributed by atoms with Crippen molar-refractivity contribution in [3.8, 4) is 0 Å². The van der Waals surface area contributed by atoms with Gasteiger partial charge in [-0.15, -0.1) is 0 Å². The van der Waals surface area contributed by atoms with Crippen LogP contribution in [0.25, 0.3) is 0 Å². The van der Waals surface area contributed by atoms with Gasteiger partial charge in [0.05, 0.1) is 0 Å². The Labute approximate surface area is 231 Å². The summed E-state index contributed by atoms with van der Waals surface area (Å²) in [6.07, 6.45) is 10.3. The van der Waals surface area contributed by atoms with Gasteiger partial charge < -0.3 is 19.3 Å². The molecule has 6 rings (SSSR count). The summed E-state index contributed by atoms with van der Waals surface area (Å²) < 4.78 is 17.9. The van der Waals surface area contributed by atoms with E-state index >= 15 is 0 Å². The van der Waals surface area contributed by atoms with Crippen molar-refractivity contribution in [3.63, 3.8) is 0 Å². The van der Waals surface area contributed by atoms with Crippen molar-refractivity contribution in [1.82, 2.24) is 0 Å². The molecule has 10 atom stereocenters. The van der Waals surface area contributed by atoms with E-state index in [2.05, 4.69) is 19.9 Å². The van der Waals surface area contributed by atoms with Gasteiger partial charge in [-0.25, -0.2) is 9.59 Å².